The molecule has 0 saturated carbocycles. The molecule has 1 aliphatic carbocycles. The highest BCUT2D eigenvalue weighted by Crippen LogP contribution is 2.38. The van der Waals surface area contributed by atoms with Crippen molar-refractivity contribution in [2.75, 3.05) is 7.05 Å². The number of thioether (sulfide) groups is 1. The Morgan fingerprint density at radius 2 is 2.22 bits per heavy atom. The highest BCUT2D eigenvalue weighted by Gasteiger charge is 2.24. The monoisotopic (exact) mass is 407 g/mol. The molecule has 2 aromatic heterocycles. The van der Waals surface area contributed by atoms with Crippen molar-refractivity contribution in [3.8, 4) is 10.7 Å². The molecule has 7 nitrogen and oxygen atoms in total. The van der Waals surface area contributed by atoms with Crippen LogP contribution in [-0.2, 0) is 24.7 Å². The summed E-state index contributed by atoms with van der Waals surface area (Å²) in [5.41, 5.74) is 1.45. The lowest BCUT2D eigenvalue weighted by Crippen LogP contribution is -2.41. The lowest BCUT2D eigenvalue weighted by molar-refractivity contribution is -0.119. The van der Waals surface area contributed by atoms with Crippen LogP contribution in [0.4, 0.5) is 4.79 Å². The number of nitrogens with zero attached hydrogens (tertiary/aromatic N) is 3. The zero-order chi connectivity index (χ0) is 19.6. The summed E-state index contributed by atoms with van der Waals surface area (Å²) >= 11 is 3.09. The molecule has 146 valence electrons. The molecule has 2 heterocycles. The Kier molecular flexibility index (Phi) is 6.21. The highest BCUT2D eigenvalue weighted by atomic mass is 32.2. The number of rotatable bonds is 5. The average Bonchev–Trinajstić information content (AvgIpc) is 3.24. The van der Waals surface area contributed by atoms with Crippen LogP contribution >= 0.6 is 23.1 Å². The van der Waals surface area contributed by atoms with Gasteiger partial charge in [0.1, 0.15) is 0 Å². The van der Waals surface area contributed by atoms with Gasteiger partial charge in [-0.1, -0.05) is 25.1 Å². The van der Waals surface area contributed by atoms with Gasteiger partial charge in [-0.05, 0) is 43.7 Å². The van der Waals surface area contributed by atoms with Gasteiger partial charge in [0.2, 0.25) is 5.91 Å². The number of carbonyl (C=O) groups excluding carboxylic acids is 2. The zero-order valence-electron chi connectivity index (χ0n) is 16.0. The third kappa shape index (κ3) is 4.35. The van der Waals surface area contributed by atoms with E-state index in [9.17, 15) is 9.59 Å². The van der Waals surface area contributed by atoms with E-state index in [4.69, 9.17) is 0 Å². The van der Waals surface area contributed by atoms with Crippen LogP contribution in [0.5, 0.6) is 0 Å². The van der Waals surface area contributed by atoms with Crippen molar-refractivity contribution in [3.05, 3.63) is 16.5 Å². The zero-order valence-corrected chi connectivity index (χ0v) is 17.7. The largest absolute Gasteiger partial charge is 0.341 e. The Morgan fingerprint density at radius 3 is 2.93 bits per heavy atom. The standard InChI is InChI=1S/C18H25N5O2S2/c1-5-11-6-7-13-12(8-11)9-14(27-13)15-21-22-18(23(15)4)26-10(2)16(24)20-17(25)19-3/h9-11H,5-8H2,1-4H3,(H2,19,20,24,25). The summed E-state index contributed by atoms with van der Waals surface area (Å²) in [4.78, 5) is 25.9. The minimum Gasteiger partial charge on any atom is -0.341 e. The molecule has 9 heteroatoms. The Hall–Kier alpha value is -1.87. The Labute approximate surface area is 167 Å². The lowest BCUT2D eigenvalue weighted by Gasteiger charge is -2.19. The molecule has 2 atom stereocenters. The van der Waals surface area contributed by atoms with Crippen LogP contribution in [0.25, 0.3) is 10.7 Å². The molecular weight excluding hydrogens is 382 g/mol. The molecule has 0 radical (unpaired) electrons. The number of aromatic nitrogens is 3. The minimum absolute atomic E-state index is 0.360. The molecule has 1 aliphatic rings. The number of imide groups is 1. The molecule has 2 N–H and O–H groups in total. The van der Waals surface area contributed by atoms with Crippen molar-refractivity contribution >= 4 is 35.0 Å². The average molecular weight is 408 g/mol. The maximum Gasteiger partial charge on any atom is 0.321 e. The molecule has 2 aromatic rings. The van der Waals surface area contributed by atoms with Crippen molar-refractivity contribution < 1.29 is 9.59 Å². The van der Waals surface area contributed by atoms with Gasteiger partial charge in [-0.3, -0.25) is 10.1 Å². The molecule has 0 spiro atoms. The molecule has 0 bridgehead atoms. The van der Waals surface area contributed by atoms with Crippen LogP contribution in [0.3, 0.4) is 0 Å². The summed E-state index contributed by atoms with van der Waals surface area (Å²) in [7, 11) is 3.38. The minimum atomic E-state index is -0.513. The van der Waals surface area contributed by atoms with Crippen LogP contribution in [0.15, 0.2) is 11.2 Å². The smallest absolute Gasteiger partial charge is 0.321 e. The Balaban J connectivity index is 1.73. The number of nitrogens with one attached hydrogen (secondary N) is 2. The maximum atomic E-state index is 12.0. The van der Waals surface area contributed by atoms with Crippen molar-refractivity contribution in [1.82, 2.24) is 25.4 Å². The van der Waals surface area contributed by atoms with E-state index in [0.717, 1.165) is 29.5 Å². The van der Waals surface area contributed by atoms with E-state index in [1.54, 1.807) is 18.3 Å². The molecule has 27 heavy (non-hydrogen) atoms. The number of carbonyl (C=O) groups is 2. The third-order valence-corrected chi connectivity index (χ3v) is 7.30. The molecular formula is C18H25N5O2S2. The van der Waals surface area contributed by atoms with Gasteiger partial charge in [-0.2, -0.15) is 0 Å². The first kappa shape index (κ1) is 19.9. The fraction of sp³-hybridized carbons (Fsp3) is 0.556. The predicted molar refractivity (Wildman–Crippen MR) is 108 cm³/mol. The van der Waals surface area contributed by atoms with E-state index in [1.807, 2.05) is 11.6 Å². The van der Waals surface area contributed by atoms with E-state index >= 15 is 0 Å². The van der Waals surface area contributed by atoms with Crippen LogP contribution in [0.1, 0.15) is 37.1 Å². The van der Waals surface area contributed by atoms with Gasteiger partial charge in [0, 0.05) is 19.0 Å². The number of amides is 3. The molecule has 0 aromatic carbocycles. The van der Waals surface area contributed by atoms with E-state index in [-0.39, 0.29) is 5.91 Å². The van der Waals surface area contributed by atoms with Crippen molar-refractivity contribution in [2.45, 2.75) is 49.9 Å². The van der Waals surface area contributed by atoms with Crippen LogP contribution in [0, 0.1) is 5.92 Å². The molecule has 0 aliphatic heterocycles. The summed E-state index contributed by atoms with van der Waals surface area (Å²) in [6, 6.07) is 1.74. The SMILES string of the molecule is CCC1CCc2sc(-c3nnc(SC(C)C(=O)NC(=O)NC)n3C)cc2C1. The number of hydrogen-bond acceptors (Lipinski definition) is 6. The maximum absolute atomic E-state index is 12.0. The van der Waals surface area contributed by atoms with Crippen LogP contribution < -0.4 is 10.6 Å². The van der Waals surface area contributed by atoms with Crippen LogP contribution in [0.2, 0.25) is 0 Å². The van der Waals surface area contributed by atoms with Gasteiger partial charge in [-0.15, -0.1) is 21.5 Å². The highest BCUT2D eigenvalue weighted by molar-refractivity contribution is 8.00. The van der Waals surface area contributed by atoms with Gasteiger partial charge in [0.05, 0.1) is 10.1 Å². The summed E-state index contributed by atoms with van der Waals surface area (Å²) in [5, 5.41) is 13.5. The number of thiophene rings is 1. The van der Waals surface area contributed by atoms with Crippen molar-refractivity contribution in [3.63, 3.8) is 0 Å². The second kappa shape index (κ2) is 8.43. The van der Waals surface area contributed by atoms with Gasteiger partial charge in [-0.25, -0.2) is 4.79 Å². The van der Waals surface area contributed by atoms with Crippen LogP contribution in [-0.4, -0.2) is 39.0 Å². The number of fused-ring (bicyclic) bond motifs is 1. The topological polar surface area (TPSA) is 88.9 Å². The van der Waals surface area contributed by atoms with Gasteiger partial charge >= 0.3 is 6.03 Å². The molecule has 3 amide bonds. The fourth-order valence-electron chi connectivity index (χ4n) is 3.18. The van der Waals surface area contributed by atoms with Gasteiger partial charge in [0.15, 0.2) is 11.0 Å². The molecule has 2 unspecified atom stereocenters. The Morgan fingerprint density at radius 1 is 1.44 bits per heavy atom. The molecule has 0 saturated heterocycles. The first-order valence-corrected chi connectivity index (χ1v) is 10.8. The summed E-state index contributed by atoms with van der Waals surface area (Å²) in [5.74, 6) is 1.25. The number of urea groups is 1. The quantitative estimate of drug-likeness (QED) is 0.744. The van der Waals surface area contributed by atoms with Crippen molar-refractivity contribution in [2.24, 2.45) is 13.0 Å². The third-order valence-electron chi connectivity index (χ3n) is 4.93. The van der Waals surface area contributed by atoms with Gasteiger partial charge in [0.25, 0.3) is 0 Å². The predicted octanol–water partition coefficient (Wildman–Crippen LogP) is 2.99. The fourth-order valence-corrected chi connectivity index (χ4v) is 5.22. The molecule has 0 fully saturated rings. The van der Waals surface area contributed by atoms with E-state index in [1.165, 1.54) is 42.1 Å². The first-order valence-electron chi connectivity index (χ1n) is 9.13. The Bertz CT molecular complexity index is 845. The summed E-state index contributed by atoms with van der Waals surface area (Å²) in [6.45, 7) is 4.00. The van der Waals surface area contributed by atoms with E-state index in [2.05, 4.69) is 33.8 Å². The van der Waals surface area contributed by atoms with Crippen molar-refractivity contribution in [1.29, 1.82) is 0 Å². The lowest BCUT2D eigenvalue weighted by atomic mass is 9.87. The van der Waals surface area contributed by atoms with E-state index < -0.39 is 11.3 Å². The molecule has 3 rings (SSSR count). The summed E-state index contributed by atoms with van der Waals surface area (Å²) < 4.78 is 1.92. The van der Waals surface area contributed by atoms with Gasteiger partial charge < -0.3 is 9.88 Å². The number of hydrogen-bond donors (Lipinski definition) is 2. The summed E-state index contributed by atoms with van der Waals surface area (Å²) in [6.07, 6.45) is 4.79. The normalized spacial score (nSPS) is 17.3. The first-order chi connectivity index (χ1) is 12.9. The van der Waals surface area contributed by atoms with E-state index in [0.29, 0.717) is 5.16 Å². The number of aryl methyl sites for hydroxylation is 1. The second-order valence-corrected chi connectivity index (χ2v) is 9.21. The second-order valence-electron chi connectivity index (χ2n) is 6.77.